The number of hydrogen-bond donors (Lipinski definition) is 0. The van der Waals surface area contributed by atoms with Crippen molar-refractivity contribution in [2.24, 2.45) is 0 Å². The molecule has 4 amide bonds. The van der Waals surface area contributed by atoms with Crippen LogP contribution in [0.4, 0.5) is 5.69 Å². The molecule has 2 fully saturated rings. The van der Waals surface area contributed by atoms with Crippen LogP contribution in [0.1, 0.15) is 49.9 Å². The maximum absolute atomic E-state index is 13.4. The normalized spacial score (nSPS) is 23.2. The van der Waals surface area contributed by atoms with Gasteiger partial charge in [0, 0.05) is 31.8 Å². The average Bonchev–Trinajstić information content (AvgIpc) is 3.30. The second kappa shape index (κ2) is 7.23. The van der Waals surface area contributed by atoms with Gasteiger partial charge in [-0.25, -0.2) is 4.79 Å². The monoisotopic (exact) mass is 413 g/mol. The van der Waals surface area contributed by atoms with Gasteiger partial charge in [-0.1, -0.05) is 12.1 Å². The first-order chi connectivity index (χ1) is 14.3. The Morgan fingerprint density at radius 2 is 1.83 bits per heavy atom. The first kappa shape index (κ1) is 20.1. The van der Waals surface area contributed by atoms with E-state index in [0.29, 0.717) is 24.2 Å². The van der Waals surface area contributed by atoms with Crippen LogP contribution in [0.3, 0.4) is 0 Å². The first-order valence-corrected chi connectivity index (χ1v) is 10.0. The molecule has 3 heterocycles. The van der Waals surface area contributed by atoms with Crippen molar-refractivity contribution >= 4 is 35.3 Å². The molecule has 0 aromatic heterocycles. The third-order valence-corrected chi connectivity index (χ3v) is 5.84. The molecule has 0 aliphatic carbocycles. The van der Waals surface area contributed by atoms with Gasteiger partial charge >= 0.3 is 5.97 Å². The van der Waals surface area contributed by atoms with E-state index in [1.54, 1.807) is 38.1 Å². The second-order valence-electron chi connectivity index (χ2n) is 7.95. The molecule has 0 spiro atoms. The van der Waals surface area contributed by atoms with Crippen LogP contribution < -0.4 is 4.90 Å². The second-order valence-corrected chi connectivity index (χ2v) is 7.95. The maximum Gasteiger partial charge on any atom is 0.354 e. The van der Waals surface area contributed by atoms with E-state index in [1.165, 1.54) is 9.80 Å². The lowest BCUT2D eigenvalue weighted by atomic mass is 9.95. The highest BCUT2D eigenvalue weighted by atomic mass is 16.5. The van der Waals surface area contributed by atoms with E-state index in [9.17, 15) is 24.0 Å². The van der Waals surface area contributed by atoms with Crippen LogP contribution in [0.15, 0.2) is 24.3 Å². The molecule has 9 heteroatoms. The number of carbonyl (C=O) groups excluding carboxylic acids is 5. The summed E-state index contributed by atoms with van der Waals surface area (Å²) in [4.78, 5) is 67.3. The molecule has 1 atom stereocenters. The average molecular weight is 413 g/mol. The molecule has 2 saturated heterocycles. The number of para-hydroxylation sites is 1. The van der Waals surface area contributed by atoms with Crippen molar-refractivity contribution in [1.29, 1.82) is 0 Å². The Bertz CT molecular complexity index is 958. The van der Waals surface area contributed by atoms with Crippen molar-refractivity contribution in [3.8, 4) is 0 Å². The zero-order valence-electron chi connectivity index (χ0n) is 16.9. The number of hydrogen-bond acceptors (Lipinski definition) is 6. The van der Waals surface area contributed by atoms with Crippen LogP contribution in [-0.4, -0.2) is 64.3 Å². The van der Waals surface area contributed by atoms with E-state index in [4.69, 9.17) is 4.74 Å². The van der Waals surface area contributed by atoms with Gasteiger partial charge in [0.25, 0.3) is 11.8 Å². The number of rotatable bonds is 4. The van der Waals surface area contributed by atoms with E-state index in [-0.39, 0.29) is 37.0 Å². The predicted octanol–water partition coefficient (Wildman–Crippen LogP) is 1.07. The summed E-state index contributed by atoms with van der Waals surface area (Å²) in [7, 11) is 0. The molecule has 1 aromatic carbocycles. The maximum atomic E-state index is 13.4. The van der Waals surface area contributed by atoms with Gasteiger partial charge in [-0.2, -0.15) is 0 Å². The third kappa shape index (κ3) is 2.79. The zero-order valence-corrected chi connectivity index (χ0v) is 16.9. The smallest absolute Gasteiger partial charge is 0.354 e. The van der Waals surface area contributed by atoms with Crippen molar-refractivity contribution in [3.05, 3.63) is 29.8 Å². The number of benzene rings is 1. The topological polar surface area (TPSA) is 104 Å². The Morgan fingerprint density at radius 1 is 1.10 bits per heavy atom. The van der Waals surface area contributed by atoms with Gasteiger partial charge in [0.2, 0.25) is 17.5 Å². The number of carbonyl (C=O) groups is 5. The molecule has 0 radical (unpaired) electrons. The molecule has 0 N–H and O–H groups in total. The number of imide groups is 1. The molecule has 1 aromatic rings. The fraction of sp³-hybridized carbons (Fsp3) is 0.476. The molecular weight excluding hydrogens is 390 g/mol. The van der Waals surface area contributed by atoms with E-state index in [1.807, 2.05) is 0 Å². The van der Waals surface area contributed by atoms with Gasteiger partial charge in [-0.3, -0.25) is 29.0 Å². The standard InChI is InChI=1S/C21H23N3O6/c1-13(2)23-19(28)14-6-3-4-7-15(14)24-17(26)9-10-21(23,24)20(29)30-12-18(27)22-11-5-8-16(22)25/h3-4,6-7,13H,5,8-12H2,1-2H3/t21-/m0/s1. The SMILES string of the molecule is CC(C)N1C(=O)c2ccccc2N2C(=O)CC[C@@]21C(=O)OCC(=O)N1CCCC1=O. The van der Waals surface area contributed by atoms with Crippen LogP contribution in [0.25, 0.3) is 0 Å². The van der Waals surface area contributed by atoms with Crippen molar-refractivity contribution in [3.63, 3.8) is 0 Å². The molecule has 4 rings (SSSR count). The summed E-state index contributed by atoms with van der Waals surface area (Å²) in [6.45, 7) is 3.21. The molecule has 9 nitrogen and oxygen atoms in total. The highest BCUT2D eigenvalue weighted by Crippen LogP contribution is 2.45. The Morgan fingerprint density at radius 3 is 2.50 bits per heavy atom. The predicted molar refractivity (Wildman–Crippen MR) is 104 cm³/mol. The van der Waals surface area contributed by atoms with Crippen LogP contribution in [0.5, 0.6) is 0 Å². The summed E-state index contributed by atoms with van der Waals surface area (Å²) in [5, 5.41) is 0. The summed E-state index contributed by atoms with van der Waals surface area (Å²) in [6.07, 6.45) is 1.01. The van der Waals surface area contributed by atoms with E-state index in [2.05, 4.69) is 0 Å². The molecule has 30 heavy (non-hydrogen) atoms. The van der Waals surface area contributed by atoms with Crippen LogP contribution in [0.2, 0.25) is 0 Å². The fourth-order valence-electron chi connectivity index (χ4n) is 4.61. The number of fused-ring (bicyclic) bond motifs is 3. The lowest BCUT2D eigenvalue weighted by molar-refractivity contribution is -0.164. The van der Waals surface area contributed by atoms with Crippen molar-refractivity contribution in [2.75, 3.05) is 18.1 Å². The van der Waals surface area contributed by atoms with Gasteiger partial charge < -0.3 is 9.64 Å². The molecule has 158 valence electrons. The number of ether oxygens (including phenoxy) is 1. The van der Waals surface area contributed by atoms with Gasteiger partial charge in [0.05, 0.1) is 11.3 Å². The Balaban J connectivity index is 1.69. The third-order valence-electron chi connectivity index (χ3n) is 5.84. The Labute approximate surface area is 173 Å². The number of anilines is 1. The highest BCUT2D eigenvalue weighted by molar-refractivity contribution is 6.15. The zero-order chi connectivity index (χ0) is 21.6. The largest absolute Gasteiger partial charge is 0.452 e. The fourth-order valence-corrected chi connectivity index (χ4v) is 4.61. The number of likely N-dealkylation sites (tertiary alicyclic amines) is 1. The summed E-state index contributed by atoms with van der Waals surface area (Å²) in [5.41, 5.74) is -0.949. The van der Waals surface area contributed by atoms with E-state index in [0.717, 1.165) is 4.90 Å². The molecule has 0 bridgehead atoms. The van der Waals surface area contributed by atoms with Gasteiger partial charge in [0.15, 0.2) is 6.61 Å². The minimum Gasteiger partial charge on any atom is -0.452 e. The minimum atomic E-state index is -1.65. The van der Waals surface area contributed by atoms with Gasteiger partial charge in [-0.05, 0) is 32.4 Å². The lowest BCUT2D eigenvalue weighted by Gasteiger charge is -2.50. The van der Waals surface area contributed by atoms with Gasteiger partial charge in [0.1, 0.15) is 0 Å². The van der Waals surface area contributed by atoms with Crippen LogP contribution in [0, 0.1) is 0 Å². The number of esters is 1. The number of nitrogens with zero attached hydrogens (tertiary/aromatic N) is 3. The summed E-state index contributed by atoms with van der Waals surface area (Å²) in [6, 6.07) is 6.25. The van der Waals surface area contributed by atoms with E-state index < -0.39 is 30.2 Å². The van der Waals surface area contributed by atoms with Crippen molar-refractivity contribution in [1.82, 2.24) is 9.80 Å². The van der Waals surface area contributed by atoms with Crippen LogP contribution in [-0.2, 0) is 23.9 Å². The van der Waals surface area contributed by atoms with Gasteiger partial charge in [-0.15, -0.1) is 0 Å². The number of amides is 4. The Kier molecular flexibility index (Phi) is 4.83. The molecular formula is C21H23N3O6. The summed E-state index contributed by atoms with van der Waals surface area (Å²) in [5.74, 6) is -2.40. The molecule has 0 unspecified atom stereocenters. The first-order valence-electron chi connectivity index (χ1n) is 10.0. The summed E-state index contributed by atoms with van der Waals surface area (Å²) < 4.78 is 5.33. The van der Waals surface area contributed by atoms with E-state index >= 15 is 0 Å². The Hall–Kier alpha value is -3.23. The highest BCUT2D eigenvalue weighted by Gasteiger charge is 2.62. The molecule has 0 saturated carbocycles. The molecule has 3 aliphatic heterocycles. The molecule has 3 aliphatic rings. The quantitative estimate of drug-likeness (QED) is 0.684. The lowest BCUT2D eigenvalue weighted by Crippen LogP contribution is -2.70. The minimum absolute atomic E-state index is 0.0679. The van der Waals surface area contributed by atoms with Crippen LogP contribution >= 0.6 is 0 Å². The van der Waals surface area contributed by atoms with Crippen molar-refractivity contribution in [2.45, 2.75) is 51.2 Å². The van der Waals surface area contributed by atoms with Crippen molar-refractivity contribution < 1.29 is 28.7 Å². The summed E-state index contributed by atoms with van der Waals surface area (Å²) >= 11 is 0.